The van der Waals surface area contributed by atoms with Crippen molar-refractivity contribution in [1.29, 1.82) is 0 Å². The van der Waals surface area contributed by atoms with Gasteiger partial charge in [0.25, 0.3) is 0 Å². The molecule has 0 saturated carbocycles. The molecule has 0 aliphatic carbocycles. The molecule has 0 saturated heterocycles. The van der Waals surface area contributed by atoms with Gasteiger partial charge in [0.05, 0.1) is 33.1 Å². The van der Waals surface area contributed by atoms with E-state index >= 15 is 0 Å². The van der Waals surface area contributed by atoms with Crippen LogP contribution in [0.25, 0.3) is 106 Å². The average molecular weight is 841 g/mol. The number of hydrogen-bond acceptors (Lipinski definition) is 3. The van der Waals surface area contributed by atoms with Gasteiger partial charge in [0.15, 0.2) is 5.82 Å². The van der Waals surface area contributed by atoms with Crippen LogP contribution in [0, 0.1) is 0 Å². The maximum absolute atomic E-state index is 5.43. The number of nitrogens with zero attached hydrogens (tertiary/aromatic N) is 6. The van der Waals surface area contributed by atoms with E-state index in [1.807, 2.05) is 0 Å². The third-order valence-electron chi connectivity index (χ3n) is 13.3. The van der Waals surface area contributed by atoms with E-state index < -0.39 is 0 Å². The second-order valence-electron chi connectivity index (χ2n) is 19.4. The maximum Gasteiger partial charge on any atom is 0.240 e. The van der Waals surface area contributed by atoms with E-state index in [0.29, 0.717) is 17.7 Å². The summed E-state index contributed by atoms with van der Waals surface area (Å²) in [5.74, 6) is 1.71. The molecule has 4 aromatic heterocycles. The van der Waals surface area contributed by atoms with E-state index in [9.17, 15) is 0 Å². The molecule has 0 N–H and O–H groups in total. The Balaban J connectivity index is 1.09. The molecule has 0 fully saturated rings. The lowest BCUT2D eigenvalue weighted by Crippen LogP contribution is -2.10. The fourth-order valence-electron chi connectivity index (χ4n) is 9.93. The van der Waals surface area contributed by atoms with Gasteiger partial charge in [0.2, 0.25) is 11.9 Å². The lowest BCUT2D eigenvalue weighted by Gasteiger charge is -2.19. The van der Waals surface area contributed by atoms with Crippen molar-refractivity contribution in [3.63, 3.8) is 0 Å². The van der Waals surface area contributed by atoms with Crippen LogP contribution in [-0.4, -0.2) is 28.7 Å². The summed E-state index contributed by atoms with van der Waals surface area (Å²) < 4.78 is 6.81. The molecule has 12 rings (SSSR count). The van der Waals surface area contributed by atoms with E-state index in [0.717, 1.165) is 66.0 Å². The van der Waals surface area contributed by atoms with Crippen molar-refractivity contribution >= 4 is 65.4 Å². The fourth-order valence-corrected chi connectivity index (χ4v) is 9.93. The number of fused-ring (bicyclic) bond motifs is 9. The minimum atomic E-state index is 0.0196. The minimum Gasteiger partial charge on any atom is -0.309 e. The number of para-hydroxylation sites is 4. The molecular weight excluding hydrogens is 793 g/mol. The summed E-state index contributed by atoms with van der Waals surface area (Å²) in [7, 11) is 0. The van der Waals surface area contributed by atoms with Gasteiger partial charge in [-0.15, -0.1) is 0 Å². The maximum atomic E-state index is 5.43. The number of rotatable bonds is 5. The molecule has 6 heteroatoms. The molecule has 6 nitrogen and oxygen atoms in total. The molecule has 0 aliphatic rings. The molecule has 4 heterocycles. The monoisotopic (exact) mass is 840 g/mol. The lowest BCUT2D eigenvalue weighted by molar-refractivity contribution is 0.590. The van der Waals surface area contributed by atoms with Gasteiger partial charge in [-0.25, -0.2) is 0 Å². The van der Waals surface area contributed by atoms with E-state index in [1.54, 1.807) is 0 Å². The Morgan fingerprint density at radius 2 is 0.723 bits per heavy atom. The van der Waals surface area contributed by atoms with Crippen molar-refractivity contribution in [2.24, 2.45) is 0 Å². The van der Waals surface area contributed by atoms with Gasteiger partial charge in [0, 0.05) is 43.6 Å². The van der Waals surface area contributed by atoms with Crippen LogP contribution in [-0.2, 0) is 10.8 Å². The molecule has 0 amide bonds. The summed E-state index contributed by atoms with van der Waals surface area (Å²) in [6, 6.07) is 65.5. The fraction of sp³-hybridized carbons (Fsp3) is 0.136. The zero-order valence-corrected chi connectivity index (χ0v) is 37.5. The molecule has 8 aromatic carbocycles. The highest BCUT2D eigenvalue weighted by atomic mass is 15.3. The molecule has 0 radical (unpaired) electrons. The third-order valence-corrected chi connectivity index (χ3v) is 13.3. The van der Waals surface area contributed by atoms with Crippen molar-refractivity contribution in [3.8, 4) is 40.1 Å². The summed E-state index contributed by atoms with van der Waals surface area (Å²) >= 11 is 0. The van der Waals surface area contributed by atoms with Gasteiger partial charge in [-0.05, 0) is 93.7 Å². The van der Waals surface area contributed by atoms with Crippen LogP contribution in [0.2, 0.25) is 0 Å². The minimum absolute atomic E-state index is 0.0196. The first-order valence-electron chi connectivity index (χ1n) is 22.5. The summed E-state index contributed by atoms with van der Waals surface area (Å²) in [6.07, 6.45) is 0. The van der Waals surface area contributed by atoms with Crippen molar-refractivity contribution < 1.29 is 0 Å². The molecule has 0 unspecified atom stereocenters. The predicted molar refractivity (Wildman–Crippen MR) is 271 cm³/mol. The lowest BCUT2D eigenvalue weighted by atomic mass is 9.85. The molecule has 0 aliphatic heterocycles. The Morgan fingerprint density at radius 1 is 0.323 bits per heavy atom. The average Bonchev–Trinajstić information content (AvgIpc) is 3.96. The van der Waals surface area contributed by atoms with E-state index in [2.05, 4.69) is 237 Å². The van der Waals surface area contributed by atoms with Gasteiger partial charge in [0.1, 0.15) is 0 Å². The Hall–Kier alpha value is -7.83. The summed E-state index contributed by atoms with van der Waals surface area (Å²) in [5, 5.41) is 7.13. The number of aromatic nitrogens is 6. The van der Waals surface area contributed by atoms with Crippen LogP contribution in [0.3, 0.4) is 0 Å². The van der Waals surface area contributed by atoms with E-state index in [4.69, 9.17) is 15.0 Å². The third kappa shape index (κ3) is 6.19. The normalized spacial score (nSPS) is 12.5. The standard InChI is InChI=1S/C59H48N6/c1-58(2,3)38-30-32-53-47(35-38)48-36-39(59(4,5)6)31-33-54(48)63(53)40-19-17-18-37(34-40)41-20-7-8-25-46(41)55-60-56(64-49-26-13-9-21-42(49)43-22-10-14-27-50(43)64)62-57(61-55)65-51-28-15-11-23-44(51)45-24-12-16-29-52(45)65/h7-36H,1-6H3. The Kier molecular flexibility index (Phi) is 8.57. The van der Waals surface area contributed by atoms with Gasteiger partial charge in [-0.2, -0.15) is 15.0 Å². The molecular formula is C59H48N6. The zero-order chi connectivity index (χ0) is 44.2. The van der Waals surface area contributed by atoms with Crippen molar-refractivity contribution in [2.75, 3.05) is 0 Å². The van der Waals surface area contributed by atoms with Gasteiger partial charge in [-0.3, -0.25) is 9.13 Å². The number of hydrogen-bond donors (Lipinski definition) is 0. The van der Waals surface area contributed by atoms with E-state index in [-0.39, 0.29) is 10.8 Å². The van der Waals surface area contributed by atoms with Crippen LogP contribution in [0.5, 0.6) is 0 Å². The van der Waals surface area contributed by atoms with E-state index in [1.165, 1.54) is 32.9 Å². The summed E-state index contributed by atoms with van der Waals surface area (Å²) in [6.45, 7) is 13.7. The van der Waals surface area contributed by atoms with Crippen molar-refractivity contribution in [3.05, 3.63) is 193 Å². The Bertz CT molecular complexity index is 3560. The Morgan fingerprint density at radius 3 is 1.17 bits per heavy atom. The molecule has 12 aromatic rings. The van der Waals surface area contributed by atoms with Crippen LogP contribution in [0.1, 0.15) is 52.7 Å². The highest BCUT2D eigenvalue weighted by molar-refractivity contribution is 6.11. The predicted octanol–water partition coefficient (Wildman–Crippen LogP) is 15.1. The van der Waals surface area contributed by atoms with Gasteiger partial charge >= 0.3 is 0 Å². The van der Waals surface area contributed by atoms with Crippen LogP contribution in [0.4, 0.5) is 0 Å². The van der Waals surface area contributed by atoms with Crippen molar-refractivity contribution in [2.45, 2.75) is 52.4 Å². The van der Waals surface area contributed by atoms with Gasteiger partial charge < -0.3 is 4.57 Å². The summed E-state index contributed by atoms with van der Waals surface area (Å²) in [4.78, 5) is 16.3. The molecule has 0 spiro atoms. The molecule has 65 heavy (non-hydrogen) atoms. The highest BCUT2D eigenvalue weighted by Crippen LogP contribution is 2.40. The van der Waals surface area contributed by atoms with Crippen LogP contribution < -0.4 is 0 Å². The topological polar surface area (TPSA) is 53.5 Å². The van der Waals surface area contributed by atoms with Gasteiger partial charge in [-0.1, -0.05) is 163 Å². The SMILES string of the molecule is CC(C)(C)c1ccc2c(c1)c1cc(C(C)(C)C)ccc1n2-c1cccc(-c2ccccc2-c2nc(-n3c4ccccc4c4ccccc43)nc(-n3c4ccccc4c4ccccc43)n2)c1. The second-order valence-corrected chi connectivity index (χ2v) is 19.4. The molecule has 0 atom stereocenters. The van der Waals surface area contributed by atoms with Crippen LogP contribution in [0.15, 0.2) is 182 Å². The summed E-state index contributed by atoms with van der Waals surface area (Å²) in [5.41, 5.74) is 13.3. The smallest absolute Gasteiger partial charge is 0.240 e. The number of benzene rings is 8. The second kappa shape index (κ2) is 14.3. The first-order chi connectivity index (χ1) is 31.5. The largest absolute Gasteiger partial charge is 0.309 e. The molecule has 314 valence electrons. The first-order valence-corrected chi connectivity index (χ1v) is 22.5. The molecule has 0 bridgehead atoms. The first kappa shape index (κ1) is 38.8. The van der Waals surface area contributed by atoms with Crippen LogP contribution >= 0.6 is 0 Å². The zero-order valence-electron chi connectivity index (χ0n) is 37.5. The Labute approximate surface area is 378 Å². The van der Waals surface area contributed by atoms with Crippen molar-refractivity contribution in [1.82, 2.24) is 28.7 Å². The quantitative estimate of drug-likeness (QED) is 0.173. The highest BCUT2D eigenvalue weighted by Gasteiger charge is 2.24.